The molecule has 0 fully saturated rings. The summed E-state index contributed by atoms with van der Waals surface area (Å²) in [5.74, 6) is -2.34. The van der Waals surface area contributed by atoms with E-state index in [1.54, 1.807) is 18.5 Å². The minimum Gasteiger partial charge on any atom is -0.348 e. The molecule has 2 N–H and O–H groups in total. The maximum absolute atomic E-state index is 13.4. The lowest BCUT2D eigenvalue weighted by atomic mass is 10.1. The van der Waals surface area contributed by atoms with Crippen LogP contribution in [0.25, 0.3) is 10.9 Å². The Labute approximate surface area is 180 Å². The van der Waals surface area contributed by atoms with Crippen LogP contribution in [0.2, 0.25) is 0 Å². The highest BCUT2D eigenvalue weighted by molar-refractivity contribution is 5.97. The Balaban J connectivity index is 1.58. The molecule has 32 heavy (non-hydrogen) atoms. The Morgan fingerprint density at radius 2 is 1.88 bits per heavy atom. The standard InChI is InChI=1S/C23H18F2N4O3/c24-18-5-3-14(10-19(18)25)7-9-29-22(31)17-11-16(4-6-20(17)28-23(29)32)21(30)27-13-15-2-1-8-26-12-15/h1-6,8,10-12H,7,9,13H2,(H,27,30)(H,28,32). The van der Waals surface area contributed by atoms with Crippen molar-refractivity contribution in [2.45, 2.75) is 19.5 Å². The Hall–Kier alpha value is -4.14. The van der Waals surface area contributed by atoms with Gasteiger partial charge in [-0.05, 0) is 53.9 Å². The van der Waals surface area contributed by atoms with Crippen molar-refractivity contribution in [3.63, 3.8) is 0 Å². The highest BCUT2D eigenvalue weighted by Crippen LogP contribution is 2.11. The van der Waals surface area contributed by atoms with Crippen LogP contribution in [0.4, 0.5) is 8.78 Å². The molecule has 2 aromatic heterocycles. The van der Waals surface area contributed by atoms with Crippen molar-refractivity contribution < 1.29 is 13.6 Å². The molecule has 0 aliphatic heterocycles. The van der Waals surface area contributed by atoms with Crippen LogP contribution in [0.15, 0.2) is 70.5 Å². The second-order valence-electron chi connectivity index (χ2n) is 7.19. The summed E-state index contributed by atoms with van der Waals surface area (Å²) < 4.78 is 27.5. The van der Waals surface area contributed by atoms with Crippen LogP contribution in [0.1, 0.15) is 21.5 Å². The van der Waals surface area contributed by atoms with E-state index in [4.69, 9.17) is 0 Å². The average molecular weight is 436 g/mol. The highest BCUT2D eigenvalue weighted by Gasteiger charge is 2.12. The van der Waals surface area contributed by atoms with Gasteiger partial charge in [-0.25, -0.2) is 13.6 Å². The monoisotopic (exact) mass is 436 g/mol. The molecule has 0 unspecified atom stereocenters. The largest absolute Gasteiger partial charge is 0.348 e. The number of hydrogen-bond acceptors (Lipinski definition) is 4. The first-order valence-corrected chi connectivity index (χ1v) is 9.80. The van der Waals surface area contributed by atoms with E-state index in [1.807, 2.05) is 6.07 Å². The number of amides is 1. The smallest absolute Gasteiger partial charge is 0.328 e. The Morgan fingerprint density at radius 3 is 2.62 bits per heavy atom. The van der Waals surface area contributed by atoms with Gasteiger partial charge >= 0.3 is 5.69 Å². The zero-order chi connectivity index (χ0) is 22.7. The summed E-state index contributed by atoms with van der Waals surface area (Å²) in [6.45, 7) is 0.238. The second kappa shape index (κ2) is 8.93. The maximum Gasteiger partial charge on any atom is 0.328 e. The Morgan fingerprint density at radius 1 is 1.03 bits per heavy atom. The number of carbonyl (C=O) groups is 1. The summed E-state index contributed by atoms with van der Waals surface area (Å²) in [4.78, 5) is 44.4. The molecule has 0 aliphatic rings. The summed E-state index contributed by atoms with van der Waals surface area (Å²) in [6, 6.07) is 11.4. The normalized spacial score (nSPS) is 10.9. The number of pyridine rings is 1. The first-order chi connectivity index (χ1) is 15.4. The van der Waals surface area contributed by atoms with E-state index >= 15 is 0 Å². The molecule has 9 heteroatoms. The average Bonchev–Trinajstić information content (AvgIpc) is 2.80. The zero-order valence-electron chi connectivity index (χ0n) is 16.8. The molecule has 2 heterocycles. The third-order valence-corrected chi connectivity index (χ3v) is 5.03. The van der Waals surface area contributed by atoms with Crippen LogP contribution in [0.3, 0.4) is 0 Å². The van der Waals surface area contributed by atoms with Gasteiger partial charge in [-0.3, -0.25) is 19.1 Å². The number of nitrogens with one attached hydrogen (secondary N) is 2. The van der Waals surface area contributed by atoms with Crippen LogP contribution in [-0.2, 0) is 19.5 Å². The lowest BCUT2D eigenvalue weighted by Crippen LogP contribution is -2.35. The molecule has 4 rings (SSSR count). The van der Waals surface area contributed by atoms with Crippen molar-refractivity contribution in [3.05, 3.63) is 110 Å². The van der Waals surface area contributed by atoms with Crippen molar-refractivity contribution in [3.8, 4) is 0 Å². The molecule has 2 aromatic carbocycles. The lowest BCUT2D eigenvalue weighted by Gasteiger charge is -2.09. The molecule has 162 valence electrons. The molecule has 0 saturated carbocycles. The minimum atomic E-state index is -0.996. The lowest BCUT2D eigenvalue weighted by molar-refractivity contribution is 0.0951. The molecule has 0 saturated heterocycles. The number of carbonyl (C=O) groups excluding carboxylic acids is 1. The van der Waals surface area contributed by atoms with Gasteiger partial charge in [-0.15, -0.1) is 0 Å². The number of halogens is 2. The van der Waals surface area contributed by atoms with Crippen LogP contribution in [0, 0.1) is 11.6 Å². The minimum absolute atomic E-state index is 0.0351. The quantitative estimate of drug-likeness (QED) is 0.486. The van der Waals surface area contributed by atoms with Crippen molar-refractivity contribution >= 4 is 16.8 Å². The van der Waals surface area contributed by atoms with E-state index in [2.05, 4.69) is 15.3 Å². The number of fused-ring (bicyclic) bond motifs is 1. The van der Waals surface area contributed by atoms with Crippen molar-refractivity contribution in [1.82, 2.24) is 19.9 Å². The van der Waals surface area contributed by atoms with Crippen LogP contribution in [-0.4, -0.2) is 20.4 Å². The summed E-state index contributed by atoms with van der Waals surface area (Å²) in [5, 5.41) is 2.93. The van der Waals surface area contributed by atoms with Crippen molar-refractivity contribution in [2.75, 3.05) is 0 Å². The van der Waals surface area contributed by atoms with E-state index in [1.165, 1.54) is 24.3 Å². The van der Waals surface area contributed by atoms with E-state index < -0.39 is 22.9 Å². The first kappa shape index (κ1) is 21.1. The molecule has 0 atom stereocenters. The first-order valence-electron chi connectivity index (χ1n) is 9.80. The van der Waals surface area contributed by atoms with E-state index in [9.17, 15) is 23.2 Å². The van der Waals surface area contributed by atoms with Gasteiger partial charge in [0, 0.05) is 31.0 Å². The SMILES string of the molecule is O=C(NCc1cccnc1)c1ccc2[nH]c(=O)n(CCc3ccc(F)c(F)c3)c(=O)c2c1. The number of hydrogen-bond donors (Lipinski definition) is 2. The van der Waals surface area contributed by atoms with Crippen LogP contribution >= 0.6 is 0 Å². The number of H-pyrrole nitrogens is 1. The molecule has 0 radical (unpaired) electrons. The van der Waals surface area contributed by atoms with Crippen LogP contribution in [0.5, 0.6) is 0 Å². The number of aryl methyl sites for hydroxylation is 1. The fourth-order valence-corrected chi connectivity index (χ4v) is 3.32. The Kier molecular flexibility index (Phi) is 5.89. The van der Waals surface area contributed by atoms with Gasteiger partial charge in [-0.2, -0.15) is 0 Å². The number of aromatic nitrogens is 3. The third-order valence-electron chi connectivity index (χ3n) is 5.03. The van der Waals surface area contributed by atoms with E-state index in [0.717, 1.165) is 22.3 Å². The van der Waals surface area contributed by atoms with Gasteiger partial charge in [0.2, 0.25) is 0 Å². The van der Waals surface area contributed by atoms with Crippen molar-refractivity contribution in [2.24, 2.45) is 0 Å². The maximum atomic E-state index is 13.4. The van der Waals surface area contributed by atoms with E-state index in [-0.39, 0.29) is 36.4 Å². The Bertz CT molecular complexity index is 1410. The van der Waals surface area contributed by atoms with Crippen LogP contribution < -0.4 is 16.6 Å². The zero-order valence-corrected chi connectivity index (χ0v) is 16.8. The fourth-order valence-electron chi connectivity index (χ4n) is 3.32. The predicted octanol–water partition coefficient (Wildman–Crippen LogP) is 2.54. The summed E-state index contributed by atoms with van der Waals surface area (Å²) >= 11 is 0. The molecular formula is C23H18F2N4O3. The summed E-state index contributed by atoms with van der Waals surface area (Å²) in [6.07, 6.45) is 3.42. The molecule has 4 aromatic rings. The number of rotatable bonds is 6. The number of nitrogens with zero attached hydrogens (tertiary/aromatic N) is 2. The predicted molar refractivity (Wildman–Crippen MR) is 114 cm³/mol. The molecule has 0 spiro atoms. The number of benzene rings is 2. The molecule has 0 bridgehead atoms. The second-order valence-corrected chi connectivity index (χ2v) is 7.19. The molecule has 0 aliphatic carbocycles. The van der Waals surface area contributed by atoms with Gasteiger partial charge in [-0.1, -0.05) is 12.1 Å². The third kappa shape index (κ3) is 4.46. The highest BCUT2D eigenvalue weighted by atomic mass is 19.2. The fraction of sp³-hybridized carbons (Fsp3) is 0.130. The molecular weight excluding hydrogens is 418 g/mol. The van der Waals surface area contributed by atoms with Gasteiger partial charge in [0.1, 0.15) is 0 Å². The topological polar surface area (TPSA) is 96.8 Å². The van der Waals surface area contributed by atoms with Gasteiger partial charge in [0.15, 0.2) is 11.6 Å². The van der Waals surface area contributed by atoms with Crippen molar-refractivity contribution in [1.29, 1.82) is 0 Å². The van der Waals surface area contributed by atoms with Gasteiger partial charge < -0.3 is 10.3 Å². The van der Waals surface area contributed by atoms with E-state index in [0.29, 0.717) is 11.1 Å². The molecule has 1 amide bonds. The summed E-state index contributed by atoms with van der Waals surface area (Å²) in [5.41, 5.74) is 0.627. The number of aromatic amines is 1. The summed E-state index contributed by atoms with van der Waals surface area (Å²) in [7, 11) is 0. The van der Waals surface area contributed by atoms with Gasteiger partial charge in [0.05, 0.1) is 10.9 Å². The van der Waals surface area contributed by atoms with Gasteiger partial charge in [0.25, 0.3) is 11.5 Å². The molecule has 7 nitrogen and oxygen atoms in total.